The van der Waals surface area contributed by atoms with Crippen LogP contribution in [0.25, 0.3) is 10.4 Å². The Morgan fingerprint density at radius 3 is 2.14 bits per heavy atom. The van der Waals surface area contributed by atoms with Crippen LogP contribution in [0.15, 0.2) is 35.4 Å². The number of likely N-dealkylation sites (tertiary alicyclic amines) is 1. The summed E-state index contributed by atoms with van der Waals surface area (Å²) in [6.45, 7) is 14.9. The number of rotatable bonds is 30. The molecule has 2 rings (SSSR count). The van der Waals surface area contributed by atoms with E-state index >= 15 is 0 Å². The van der Waals surface area contributed by atoms with E-state index in [0.717, 1.165) is 4.67 Å². The smallest absolute Gasteiger partial charge is 0.766 e. The Hall–Kier alpha value is -3.11. The van der Waals surface area contributed by atoms with Crippen molar-refractivity contribution in [3.63, 3.8) is 0 Å². The molecule has 5 amide bonds. The van der Waals surface area contributed by atoms with E-state index in [1.807, 2.05) is 32.0 Å². The number of ether oxygens (including phenoxy) is 2. The standard InChI is InChI=1S/C46H80N9O11P.CO2.K/c1-13-31(6)41(36(64-11)27-38(57)55-25-22-35(28-55)43(65-12)32(7)44(59)50-33(8)42(58)34-19-15-14-16-20-34)53(9)46(61)39(29(2)3)51-45(60)40(30(4)5)54(10)67(62,63)66-26-24-48-37(56)21-17-18-23-49-52-47;2-1-3;/h14-16,19-20,29-33,35-36,39-43,58H,13,17-18,21-28H2,1-12H3,(H,48,56)(H,50,59)(H,51,60)(H,62,63);;/q;;+1/p-1/t31-,32+,33+,35?,36+,39-,40-,41-,42+,43+;;/m0../s1. The third kappa shape index (κ3) is 22.1. The molecular weight excluding hydrogens is 969 g/mol. The number of unbranched alkanes of at least 4 members (excludes halogenated alkanes) is 1. The van der Waals surface area contributed by atoms with Gasteiger partial charge < -0.3 is 49.7 Å². The Labute approximate surface area is 462 Å². The summed E-state index contributed by atoms with van der Waals surface area (Å²) in [6, 6.07) is 5.63. The summed E-state index contributed by atoms with van der Waals surface area (Å²) < 4.78 is 31.2. The predicted molar refractivity (Wildman–Crippen MR) is 258 cm³/mol. The summed E-state index contributed by atoms with van der Waals surface area (Å²) in [5, 5.41) is 22.6. The molecule has 71 heavy (non-hydrogen) atoms. The number of amides is 5. The average Bonchev–Trinajstić information content (AvgIpc) is 3.81. The molecule has 1 aromatic carbocycles. The van der Waals surface area contributed by atoms with Crippen LogP contribution in [-0.4, -0.2) is 153 Å². The number of hydrogen-bond donors (Lipinski definition) is 4. The van der Waals surface area contributed by atoms with Gasteiger partial charge in [-0.3, -0.25) is 28.5 Å². The summed E-state index contributed by atoms with van der Waals surface area (Å²) in [5.41, 5.74) is 9.05. The topological polar surface area (TPSA) is 302 Å². The second kappa shape index (κ2) is 35.2. The van der Waals surface area contributed by atoms with Gasteiger partial charge in [-0.15, -0.1) is 0 Å². The third-order valence-corrected chi connectivity index (χ3v) is 14.4. The van der Waals surface area contributed by atoms with Gasteiger partial charge in [-0.05, 0) is 62.1 Å². The summed E-state index contributed by atoms with van der Waals surface area (Å²) in [4.78, 5) is 104. The van der Waals surface area contributed by atoms with Crippen LogP contribution in [0, 0.1) is 29.6 Å². The number of aliphatic hydroxyl groups excluding tert-OH is 1. The normalized spacial score (nSPS) is 18.0. The van der Waals surface area contributed by atoms with Crippen LogP contribution in [-0.2, 0) is 52.1 Å². The van der Waals surface area contributed by atoms with E-state index in [1.54, 1.807) is 72.7 Å². The predicted octanol–water partition coefficient (Wildman–Crippen LogP) is 0.602. The van der Waals surface area contributed by atoms with Crippen molar-refractivity contribution in [1.82, 2.24) is 30.4 Å². The van der Waals surface area contributed by atoms with Crippen LogP contribution in [0.2, 0.25) is 0 Å². The zero-order valence-electron chi connectivity index (χ0n) is 44.1. The SMILES string of the molecule is CC[C@H](C)[C@@H]([C@@H](CC(=O)N1CCC([C@H](OC)[C@@H](C)C(=O)N[C@H](C)[C@@H](O)c2ccccc2)C1)OC)N(C)C(=O)[C@@H](NC(=O)[C@H](C(C)C)N(C)P(=O)([O-])OCCNC(=O)CCCCN=[N+]=[N-])C(C)C.O=C=O.[K+]. The molecule has 1 heterocycles. The molecule has 24 heteroatoms. The van der Waals surface area contributed by atoms with Gasteiger partial charge in [-0.25, -0.2) is 4.67 Å². The molecule has 0 saturated carbocycles. The molecule has 0 aromatic heterocycles. The minimum atomic E-state index is -4.82. The van der Waals surface area contributed by atoms with E-state index in [0.29, 0.717) is 44.3 Å². The Bertz CT molecular complexity index is 1930. The molecule has 0 aliphatic carbocycles. The molecule has 1 aromatic rings. The van der Waals surface area contributed by atoms with Crippen molar-refractivity contribution in [2.75, 3.05) is 61.1 Å². The molecule has 1 aliphatic rings. The summed E-state index contributed by atoms with van der Waals surface area (Å²) in [7, 11) is 1.07. The van der Waals surface area contributed by atoms with Crippen molar-refractivity contribution in [2.24, 2.45) is 34.7 Å². The number of aliphatic hydroxyl groups is 1. The van der Waals surface area contributed by atoms with Gasteiger partial charge in [0.15, 0.2) is 0 Å². The second-order valence-electron chi connectivity index (χ2n) is 18.5. The van der Waals surface area contributed by atoms with Crippen LogP contribution in [0.5, 0.6) is 0 Å². The van der Waals surface area contributed by atoms with Gasteiger partial charge >= 0.3 is 57.5 Å². The second-order valence-corrected chi connectivity index (χ2v) is 20.3. The van der Waals surface area contributed by atoms with E-state index < -0.39 is 79.8 Å². The molecular formula is C47H79KN9O13P. The number of nitrogens with zero attached hydrogens (tertiary/aromatic N) is 6. The Balaban J connectivity index is 0.0000119. The maximum Gasteiger partial charge on any atom is 1.00 e. The van der Waals surface area contributed by atoms with E-state index in [1.165, 1.54) is 19.1 Å². The monoisotopic (exact) mass is 1050 g/mol. The first-order valence-corrected chi connectivity index (χ1v) is 25.4. The minimum absolute atomic E-state index is 0. The van der Waals surface area contributed by atoms with E-state index in [4.69, 9.17) is 29.1 Å². The van der Waals surface area contributed by atoms with Crippen LogP contribution >= 0.6 is 7.75 Å². The van der Waals surface area contributed by atoms with E-state index in [-0.39, 0.29) is 120 Å². The molecule has 0 radical (unpaired) electrons. The van der Waals surface area contributed by atoms with Crippen molar-refractivity contribution < 1.29 is 114 Å². The fourth-order valence-electron chi connectivity index (χ4n) is 8.71. The average molecular weight is 1050 g/mol. The third-order valence-electron chi connectivity index (χ3n) is 12.9. The fourth-order valence-corrected chi connectivity index (χ4v) is 9.89. The van der Waals surface area contributed by atoms with Crippen molar-refractivity contribution in [3.05, 3.63) is 46.3 Å². The maximum absolute atomic E-state index is 14.5. The van der Waals surface area contributed by atoms with Gasteiger partial charge in [0.2, 0.25) is 37.3 Å². The summed E-state index contributed by atoms with van der Waals surface area (Å²) in [5.74, 6) is -3.73. The van der Waals surface area contributed by atoms with E-state index in [2.05, 4.69) is 26.0 Å². The molecule has 22 nitrogen and oxygen atoms in total. The first kappa shape index (κ1) is 67.9. The molecule has 1 fully saturated rings. The first-order valence-electron chi connectivity index (χ1n) is 23.9. The molecule has 1 saturated heterocycles. The number of carbonyl (C=O) groups is 5. The number of benzene rings is 1. The molecule has 1 aliphatic heterocycles. The number of methoxy groups -OCH3 is 2. The zero-order valence-corrected chi connectivity index (χ0v) is 48.1. The number of hydrogen-bond acceptors (Lipinski definition) is 14. The Morgan fingerprint density at radius 2 is 1.61 bits per heavy atom. The number of azide groups is 1. The molecule has 2 unspecified atom stereocenters. The van der Waals surface area contributed by atoms with Crippen molar-refractivity contribution in [1.29, 1.82) is 0 Å². The fraction of sp³-hybridized carbons (Fsp3) is 0.745. The Morgan fingerprint density at radius 1 is 0.986 bits per heavy atom. The van der Waals surface area contributed by atoms with Crippen LogP contribution < -0.4 is 72.2 Å². The summed E-state index contributed by atoms with van der Waals surface area (Å²) in [6.07, 6.45) is 0.513. The van der Waals surface area contributed by atoms with Crippen molar-refractivity contribution in [2.45, 2.75) is 136 Å². The van der Waals surface area contributed by atoms with E-state index in [9.17, 15) is 38.5 Å². The first-order chi connectivity index (χ1) is 33.0. The molecule has 396 valence electrons. The van der Waals surface area contributed by atoms with Gasteiger partial charge in [-0.2, -0.15) is 9.59 Å². The van der Waals surface area contributed by atoms with Crippen molar-refractivity contribution in [3.8, 4) is 0 Å². The van der Waals surface area contributed by atoms with Gasteiger partial charge in [-0.1, -0.05) is 90.3 Å². The van der Waals surface area contributed by atoms with Crippen molar-refractivity contribution >= 4 is 43.4 Å². The largest absolute Gasteiger partial charge is 1.00 e. The number of carbonyl (C=O) groups excluding carboxylic acids is 7. The van der Waals surface area contributed by atoms with Gasteiger partial charge in [0.1, 0.15) is 6.04 Å². The zero-order chi connectivity index (χ0) is 53.3. The van der Waals surface area contributed by atoms with Crippen LogP contribution in [0.4, 0.5) is 0 Å². The number of nitrogens with one attached hydrogen (secondary N) is 3. The maximum atomic E-state index is 14.5. The number of likely N-dealkylation sites (N-methyl/N-ethyl adjacent to an activating group) is 2. The molecule has 0 bridgehead atoms. The molecule has 11 atom stereocenters. The minimum Gasteiger partial charge on any atom is -0.766 e. The molecule has 4 N–H and O–H groups in total. The Kier molecular flexibility index (Phi) is 33.6. The summed E-state index contributed by atoms with van der Waals surface area (Å²) >= 11 is 0. The molecule has 0 spiro atoms. The van der Waals surface area contributed by atoms with Crippen LogP contribution in [0.1, 0.15) is 106 Å². The quantitative estimate of drug-likeness (QED) is 0.0205. The van der Waals surface area contributed by atoms with Crippen LogP contribution in [0.3, 0.4) is 0 Å². The van der Waals surface area contributed by atoms with Gasteiger partial charge in [0.05, 0.1) is 55.4 Å². The van der Waals surface area contributed by atoms with Gasteiger partial charge in [0.25, 0.3) is 0 Å². The van der Waals surface area contributed by atoms with Gasteiger partial charge in [0, 0.05) is 64.7 Å².